The van der Waals surface area contributed by atoms with Gasteiger partial charge in [0.15, 0.2) is 0 Å². The van der Waals surface area contributed by atoms with E-state index in [1.807, 2.05) is 66.7 Å². The van der Waals surface area contributed by atoms with Gasteiger partial charge in [-0.1, -0.05) is 36.4 Å². The molecule has 4 heteroatoms. The highest BCUT2D eigenvalue weighted by Gasteiger charge is 2.02. The molecule has 3 aromatic rings. The molecule has 4 nitrogen and oxygen atoms in total. The Balaban J connectivity index is 1.60. The van der Waals surface area contributed by atoms with Crippen LogP contribution in [0.4, 0.5) is 5.69 Å². The second kappa shape index (κ2) is 8.53. The summed E-state index contributed by atoms with van der Waals surface area (Å²) < 4.78 is 11.0. The largest absolute Gasteiger partial charge is 0.496 e. The number of carbonyl (C=O) groups is 1. The highest BCUT2D eigenvalue weighted by Crippen LogP contribution is 2.23. The van der Waals surface area contributed by atoms with E-state index in [0.29, 0.717) is 11.4 Å². The fraction of sp³-hybridized carbons (Fsp3) is 0.0455. The quantitative estimate of drug-likeness (QED) is 0.629. The number of methoxy groups -OCH3 is 1. The number of para-hydroxylation sites is 2. The van der Waals surface area contributed by atoms with Crippen LogP contribution >= 0.6 is 0 Å². The first-order valence-corrected chi connectivity index (χ1v) is 8.19. The lowest BCUT2D eigenvalue weighted by atomic mass is 10.2. The zero-order chi connectivity index (χ0) is 18.2. The van der Waals surface area contributed by atoms with Crippen molar-refractivity contribution in [3.63, 3.8) is 0 Å². The van der Waals surface area contributed by atoms with Crippen molar-refractivity contribution in [3.8, 4) is 17.2 Å². The smallest absolute Gasteiger partial charge is 0.248 e. The Morgan fingerprint density at radius 1 is 0.846 bits per heavy atom. The SMILES string of the molecule is COc1ccccc1/C=C/C(=O)Nc1ccc(Oc2ccccc2)cc1. The Morgan fingerprint density at radius 3 is 2.23 bits per heavy atom. The number of nitrogens with one attached hydrogen (secondary N) is 1. The van der Waals surface area contributed by atoms with E-state index in [9.17, 15) is 4.79 Å². The van der Waals surface area contributed by atoms with E-state index in [4.69, 9.17) is 9.47 Å². The monoisotopic (exact) mass is 345 g/mol. The lowest BCUT2D eigenvalue weighted by Gasteiger charge is -2.07. The van der Waals surface area contributed by atoms with Gasteiger partial charge >= 0.3 is 0 Å². The third kappa shape index (κ3) is 4.74. The standard InChI is InChI=1S/C22H19NO3/c1-25-21-10-6-5-7-17(21)11-16-22(24)23-18-12-14-20(15-13-18)26-19-8-3-2-4-9-19/h2-16H,1H3,(H,23,24)/b16-11+. The summed E-state index contributed by atoms with van der Waals surface area (Å²) in [5.41, 5.74) is 1.54. The predicted molar refractivity (Wildman–Crippen MR) is 104 cm³/mol. The van der Waals surface area contributed by atoms with Crippen LogP contribution in [0.2, 0.25) is 0 Å². The van der Waals surface area contributed by atoms with Crippen LogP contribution in [0.5, 0.6) is 17.2 Å². The maximum absolute atomic E-state index is 12.1. The lowest BCUT2D eigenvalue weighted by Crippen LogP contribution is -2.07. The van der Waals surface area contributed by atoms with E-state index in [1.54, 1.807) is 25.3 Å². The minimum atomic E-state index is -0.215. The van der Waals surface area contributed by atoms with Crippen molar-refractivity contribution < 1.29 is 14.3 Å². The number of benzene rings is 3. The summed E-state index contributed by atoms with van der Waals surface area (Å²) in [5.74, 6) is 1.98. The van der Waals surface area contributed by atoms with Crippen LogP contribution in [0.3, 0.4) is 0 Å². The van der Waals surface area contributed by atoms with Crippen LogP contribution < -0.4 is 14.8 Å². The van der Waals surface area contributed by atoms with Gasteiger partial charge in [-0.15, -0.1) is 0 Å². The second-order valence-electron chi connectivity index (χ2n) is 5.50. The molecular weight excluding hydrogens is 326 g/mol. The van der Waals surface area contributed by atoms with Crippen molar-refractivity contribution in [3.05, 3.63) is 90.5 Å². The summed E-state index contributed by atoms with van der Waals surface area (Å²) >= 11 is 0. The van der Waals surface area contributed by atoms with Gasteiger partial charge in [0.05, 0.1) is 7.11 Å². The molecule has 1 N–H and O–H groups in total. The maximum atomic E-state index is 12.1. The average Bonchev–Trinajstić information content (AvgIpc) is 2.69. The topological polar surface area (TPSA) is 47.6 Å². The molecule has 0 atom stereocenters. The molecule has 0 unspecified atom stereocenters. The number of amides is 1. The molecule has 130 valence electrons. The Bertz CT molecular complexity index is 887. The Morgan fingerprint density at radius 2 is 1.50 bits per heavy atom. The fourth-order valence-electron chi connectivity index (χ4n) is 2.38. The normalized spacial score (nSPS) is 10.5. The van der Waals surface area contributed by atoms with Crippen molar-refractivity contribution in [2.75, 3.05) is 12.4 Å². The van der Waals surface area contributed by atoms with Crippen molar-refractivity contribution in [2.45, 2.75) is 0 Å². The number of anilines is 1. The predicted octanol–water partition coefficient (Wildman–Crippen LogP) is 5.14. The zero-order valence-electron chi connectivity index (χ0n) is 14.4. The third-order valence-electron chi connectivity index (χ3n) is 3.65. The molecule has 0 aromatic heterocycles. The average molecular weight is 345 g/mol. The molecule has 3 aromatic carbocycles. The first-order chi connectivity index (χ1) is 12.7. The molecule has 0 saturated heterocycles. The molecule has 0 radical (unpaired) electrons. The van der Waals surface area contributed by atoms with E-state index >= 15 is 0 Å². The number of rotatable bonds is 6. The minimum Gasteiger partial charge on any atom is -0.496 e. The van der Waals surface area contributed by atoms with Gasteiger partial charge in [0.2, 0.25) is 5.91 Å². The van der Waals surface area contributed by atoms with Crippen LogP contribution in [0.25, 0.3) is 6.08 Å². The Hall–Kier alpha value is -3.53. The van der Waals surface area contributed by atoms with Gasteiger partial charge in [-0.3, -0.25) is 4.79 Å². The fourth-order valence-corrected chi connectivity index (χ4v) is 2.38. The van der Waals surface area contributed by atoms with E-state index < -0.39 is 0 Å². The lowest BCUT2D eigenvalue weighted by molar-refractivity contribution is -0.111. The Kier molecular flexibility index (Phi) is 5.68. The van der Waals surface area contributed by atoms with Crippen LogP contribution in [-0.4, -0.2) is 13.0 Å². The molecule has 0 spiro atoms. The third-order valence-corrected chi connectivity index (χ3v) is 3.65. The number of ether oxygens (including phenoxy) is 2. The molecule has 0 saturated carbocycles. The van der Waals surface area contributed by atoms with Gasteiger partial charge in [-0.05, 0) is 48.5 Å². The summed E-state index contributed by atoms with van der Waals surface area (Å²) in [6, 6.07) is 24.3. The van der Waals surface area contributed by atoms with Gasteiger partial charge in [0.25, 0.3) is 0 Å². The zero-order valence-corrected chi connectivity index (χ0v) is 14.4. The van der Waals surface area contributed by atoms with Crippen molar-refractivity contribution in [1.82, 2.24) is 0 Å². The highest BCUT2D eigenvalue weighted by atomic mass is 16.5. The van der Waals surface area contributed by atoms with Crippen LogP contribution in [0.15, 0.2) is 84.9 Å². The molecule has 26 heavy (non-hydrogen) atoms. The molecule has 0 aliphatic heterocycles. The van der Waals surface area contributed by atoms with Gasteiger partial charge in [-0.2, -0.15) is 0 Å². The van der Waals surface area contributed by atoms with Crippen LogP contribution in [0.1, 0.15) is 5.56 Å². The van der Waals surface area contributed by atoms with Gasteiger partial charge < -0.3 is 14.8 Å². The van der Waals surface area contributed by atoms with Crippen LogP contribution in [0, 0.1) is 0 Å². The molecule has 1 amide bonds. The summed E-state index contributed by atoms with van der Waals surface area (Å²) in [7, 11) is 1.60. The molecule has 0 aliphatic carbocycles. The van der Waals surface area contributed by atoms with E-state index in [1.165, 1.54) is 6.08 Å². The number of hydrogen-bond donors (Lipinski definition) is 1. The van der Waals surface area contributed by atoms with Crippen molar-refractivity contribution in [2.24, 2.45) is 0 Å². The first kappa shape index (κ1) is 17.3. The van der Waals surface area contributed by atoms with Gasteiger partial charge in [0, 0.05) is 17.3 Å². The van der Waals surface area contributed by atoms with Crippen molar-refractivity contribution in [1.29, 1.82) is 0 Å². The molecule has 0 bridgehead atoms. The number of hydrogen-bond acceptors (Lipinski definition) is 3. The molecule has 0 heterocycles. The van der Waals surface area contributed by atoms with Gasteiger partial charge in [0.1, 0.15) is 17.2 Å². The second-order valence-corrected chi connectivity index (χ2v) is 5.50. The van der Waals surface area contributed by atoms with E-state index in [0.717, 1.165) is 17.1 Å². The van der Waals surface area contributed by atoms with E-state index in [-0.39, 0.29) is 5.91 Å². The van der Waals surface area contributed by atoms with Crippen LogP contribution in [-0.2, 0) is 4.79 Å². The summed E-state index contributed by atoms with van der Waals surface area (Å²) in [4.78, 5) is 12.1. The molecule has 0 aliphatic rings. The van der Waals surface area contributed by atoms with Crippen molar-refractivity contribution >= 4 is 17.7 Å². The minimum absolute atomic E-state index is 0.215. The summed E-state index contributed by atoms with van der Waals surface area (Å²) in [5, 5.41) is 2.82. The molecular formula is C22H19NO3. The summed E-state index contributed by atoms with van der Waals surface area (Å²) in [6.45, 7) is 0. The summed E-state index contributed by atoms with van der Waals surface area (Å²) in [6.07, 6.45) is 3.20. The maximum Gasteiger partial charge on any atom is 0.248 e. The molecule has 0 fully saturated rings. The Labute approximate surface area is 152 Å². The highest BCUT2D eigenvalue weighted by molar-refractivity contribution is 6.02. The van der Waals surface area contributed by atoms with Gasteiger partial charge in [-0.25, -0.2) is 0 Å². The number of carbonyl (C=O) groups excluding carboxylic acids is 1. The molecule has 3 rings (SSSR count). The van der Waals surface area contributed by atoms with E-state index in [2.05, 4.69) is 5.32 Å². The first-order valence-electron chi connectivity index (χ1n) is 8.19.